The van der Waals surface area contributed by atoms with E-state index in [1.165, 1.54) is 6.07 Å². The summed E-state index contributed by atoms with van der Waals surface area (Å²) in [6, 6.07) is 13.3. The van der Waals surface area contributed by atoms with Gasteiger partial charge in [-0.3, -0.25) is 14.8 Å². The number of carbonyl (C=O) groups excluding carboxylic acids is 1. The molecule has 4 atom stereocenters. The lowest BCUT2D eigenvalue weighted by Crippen LogP contribution is -2.55. The average molecular weight is 635 g/mol. The Morgan fingerprint density at radius 2 is 1.87 bits per heavy atom. The monoisotopic (exact) mass is 634 g/mol. The van der Waals surface area contributed by atoms with Crippen LogP contribution in [0.4, 0.5) is 0 Å². The van der Waals surface area contributed by atoms with Crippen molar-refractivity contribution >= 4 is 5.91 Å². The summed E-state index contributed by atoms with van der Waals surface area (Å²) in [6.45, 7) is 2.86. The second kappa shape index (κ2) is 14.5. The van der Waals surface area contributed by atoms with Crippen LogP contribution in [-0.2, 0) is 22.5 Å². The van der Waals surface area contributed by atoms with Gasteiger partial charge in [0.25, 0.3) is 0 Å². The summed E-state index contributed by atoms with van der Waals surface area (Å²) in [6.07, 6.45) is 4.15. The van der Waals surface area contributed by atoms with Crippen molar-refractivity contribution in [2.75, 3.05) is 13.2 Å². The van der Waals surface area contributed by atoms with E-state index < -0.39 is 30.5 Å². The normalized spacial score (nSPS) is 18.7. The number of hydrogen-bond donors (Lipinski definition) is 7. The zero-order chi connectivity index (χ0) is 32.9. The number of para-hydroxylation sites is 1. The molecule has 2 saturated carbocycles. The summed E-state index contributed by atoms with van der Waals surface area (Å²) in [4.78, 5) is 21.0. The van der Waals surface area contributed by atoms with Crippen LogP contribution in [0.3, 0.4) is 0 Å². The number of aryl methyl sites for hydroxylation is 1. The van der Waals surface area contributed by atoms with Crippen molar-refractivity contribution in [2.24, 2.45) is 0 Å². The molecule has 0 spiro atoms. The summed E-state index contributed by atoms with van der Waals surface area (Å²) in [5.41, 5.74) is 1.73. The standard InChI is InChI=1S/C35H46N4O7/c1-3-4-9-31(42)37-20-28(41)32(43)33(44)35(45,21-40)30-13-10-22(2)27(39-30)19-38-34(15-16-34)26-18-36-17-14-24(26)25-7-5-6-8-29(25)46-23-11-12-23/h5-8,10,13-14,17-18,23,28,32-33,38,40-41,43-45H,3-4,9,11-12,15-16,19-21H2,1-2H3,(H,37,42)/t28-,32+,33+,35-/m0/s1. The number of benzene rings is 1. The topological polar surface area (TPSA) is 177 Å². The van der Waals surface area contributed by atoms with Crippen LogP contribution in [-0.4, -0.2) is 79.0 Å². The van der Waals surface area contributed by atoms with Crippen LogP contribution >= 0.6 is 0 Å². The third-order valence-corrected chi connectivity index (χ3v) is 9.04. The fourth-order valence-corrected chi connectivity index (χ4v) is 5.66. The molecule has 0 unspecified atom stereocenters. The Morgan fingerprint density at radius 1 is 1.11 bits per heavy atom. The van der Waals surface area contributed by atoms with E-state index in [-0.39, 0.29) is 36.2 Å². The summed E-state index contributed by atoms with van der Waals surface area (Å²) in [7, 11) is 0. The Kier molecular flexibility index (Phi) is 10.7. The maximum atomic E-state index is 11.9. The molecule has 0 radical (unpaired) electrons. The zero-order valence-electron chi connectivity index (χ0n) is 26.5. The number of amides is 1. The number of pyridine rings is 2. The van der Waals surface area contributed by atoms with Crippen molar-refractivity contribution in [1.29, 1.82) is 0 Å². The lowest BCUT2D eigenvalue weighted by atomic mass is 9.87. The molecule has 3 aromatic rings. The van der Waals surface area contributed by atoms with E-state index in [1.54, 1.807) is 12.3 Å². The molecule has 0 aliphatic heterocycles. The molecular weight excluding hydrogens is 588 g/mol. The van der Waals surface area contributed by atoms with E-state index in [4.69, 9.17) is 4.74 Å². The largest absolute Gasteiger partial charge is 0.490 e. The highest BCUT2D eigenvalue weighted by Gasteiger charge is 2.47. The van der Waals surface area contributed by atoms with Crippen LogP contribution in [0.25, 0.3) is 11.1 Å². The molecule has 7 N–H and O–H groups in total. The Morgan fingerprint density at radius 3 is 2.57 bits per heavy atom. The van der Waals surface area contributed by atoms with Crippen LogP contribution in [0.2, 0.25) is 0 Å². The number of hydrogen-bond acceptors (Lipinski definition) is 10. The number of ether oxygens (including phenoxy) is 1. The molecule has 5 rings (SSSR count). The van der Waals surface area contributed by atoms with Crippen LogP contribution < -0.4 is 15.4 Å². The molecule has 2 aliphatic rings. The van der Waals surface area contributed by atoms with Gasteiger partial charge in [0.15, 0.2) is 5.60 Å². The first-order valence-corrected chi connectivity index (χ1v) is 16.2. The quantitative estimate of drug-likeness (QED) is 0.117. The van der Waals surface area contributed by atoms with Gasteiger partial charge in [-0.05, 0) is 73.9 Å². The highest BCUT2D eigenvalue weighted by molar-refractivity contribution is 5.76. The Hall–Kier alpha value is -3.45. The molecular formula is C35H46N4O7. The second-order valence-electron chi connectivity index (χ2n) is 12.6. The van der Waals surface area contributed by atoms with E-state index in [1.807, 2.05) is 44.3 Å². The van der Waals surface area contributed by atoms with Crippen molar-refractivity contribution in [2.45, 2.75) is 101 Å². The van der Waals surface area contributed by atoms with Gasteiger partial charge in [-0.25, -0.2) is 0 Å². The molecule has 11 nitrogen and oxygen atoms in total. The first-order chi connectivity index (χ1) is 22.1. The van der Waals surface area contributed by atoms with E-state index in [2.05, 4.69) is 26.7 Å². The van der Waals surface area contributed by atoms with Gasteiger partial charge >= 0.3 is 0 Å². The molecule has 2 aliphatic carbocycles. The minimum Gasteiger partial charge on any atom is -0.490 e. The number of rotatable bonds is 17. The lowest BCUT2D eigenvalue weighted by molar-refractivity contribution is -0.174. The molecule has 248 valence electrons. The third-order valence-electron chi connectivity index (χ3n) is 9.04. The molecule has 2 fully saturated rings. The Labute approximate surface area is 269 Å². The van der Waals surface area contributed by atoms with Crippen molar-refractivity contribution in [3.8, 4) is 16.9 Å². The SMILES string of the molecule is CCCCC(=O)NC[C@H](O)[C@@H](O)[C@@H](O)[C@](O)(CO)c1ccc(C)c(CNC2(c3cnccc3-c3ccccc3OC3CC3)CC2)n1. The first-order valence-electron chi connectivity index (χ1n) is 16.2. The van der Waals surface area contributed by atoms with Gasteiger partial charge in [-0.15, -0.1) is 0 Å². The highest BCUT2D eigenvalue weighted by Crippen LogP contribution is 2.50. The molecule has 2 heterocycles. The van der Waals surface area contributed by atoms with E-state index in [9.17, 15) is 30.3 Å². The number of aliphatic hydroxyl groups excluding tert-OH is 4. The minimum atomic E-state index is -2.38. The summed E-state index contributed by atoms with van der Waals surface area (Å²) < 4.78 is 6.22. The number of aliphatic hydroxyl groups is 5. The smallest absolute Gasteiger partial charge is 0.220 e. The van der Waals surface area contributed by atoms with Crippen molar-refractivity contribution in [1.82, 2.24) is 20.6 Å². The lowest BCUT2D eigenvalue weighted by Gasteiger charge is -2.35. The van der Waals surface area contributed by atoms with Gasteiger partial charge in [0.1, 0.15) is 18.0 Å². The Bertz CT molecular complexity index is 1500. The highest BCUT2D eigenvalue weighted by atomic mass is 16.5. The maximum absolute atomic E-state index is 11.9. The van der Waals surface area contributed by atoms with Crippen LogP contribution in [0.15, 0.2) is 54.9 Å². The van der Waals surface area contributed by atoms with Crippen molar-refractivity contribution in [3.05, 3.63) is 77.4 Å². The zero-order valence-corrected chi connectivity index (χ0v) is 26.5. The number of nitrogens with zero attached hydrogens (tertiary/aromatic N) is 2. The fraction of sp³-hybridized carbons (Fsp3) is 0.514. The molecule has 1 aromatic carbocycles. The van der Waals surface area contributed by atoms with Crippen LogP contribution in [0.5, 0.6) is 5.75 Å². The average Bonchev–Trinajstić information content (AvgIpc) is 4.02. The van der Waals surface area contributed by atoms with Gasteiger partial charge in [0, 0.05) is 43.0 Å². The van der Waals surface area contributed by atoms with Gasteiger partial charge in [0.05, 0.1) is 30.2 Å². The second-order valence-corrected chi connectivity index (χ2v) is 12.6. The van der Waals surface area contributed by atoms with Gasteiger partial charge < -0.3 is 40.9 Å². The van der Waals surface area contributed by atoms with Gasteiger partial charge in [-0.2, -0.15) is 0 Å². The summed E-state index contributed by atoms with van der Waals surface area (Å²) in [5.74, 6) is 0.562. The minimum absolute atomic E-state index is 0.0544. The van der Waals surface area contributed by atoms with Crippen molar-refractivity contribution < 1.29 is 35.1 Å². The number of aromatic nitrogens is 2. The van der Waals surface area contributed by atoms with Crippen LogP contribution in [0, 0.1) is 6.92 Å². The number of carbonyl (C=O) groups is 1. The van der Waals surface area contributed by atoms with Crippen LogP contribution in [0.1, 0.15) is 74.4 Å². The third kappa shape index (κ3) is 7.57. The van der Waals surface area contributed by atoms with Gasteiger partial charge in [-0.1, -0.05) is 37.6 Å². The molecule has 2 aromatic heterocycles. The Balaban J connectivity index is 1.32. The van der Waals surface area contributed by atoms with E-state index in [0.29, 0.717) is 18.7 Å². The summed E-state index contributed by atoms with van der Waals surface area (Å²) >= 11 is 0. The molecule has 0 bridgehead atoms. The number of unbranched alkanes of at least 4 members (excludes halogenated alkanes) is 1. The maximum Gasteiger partial charge on any atom is 0.220 e. The molecule has 11 heteroatoms. The number of nitrogens with one attached hydrogen (secondary N) is 2. The molecule has 1 amide bonds. The van der Waals surface area contributed by atoms with E-state index in [0.717, 1.165) is 60.1 Å². The van der Waals surface area contributed by atoms with Crippen molar-refractivity contribution in [3.63, 3.8) is 0 Å². The van der Waals surface area contributed by atoms with E-state index >= 15 is 0 Å². The first kappa shape index (κ1) is 33.9. The fourth-order valence-electron chi connectivity index (χ4n) is 5.66. The predicted molar refractivity (Wildman–Crippen MR) is 172 cm³/mol. The van der Waals surface area contributed by atoms with Gasteiger partial charge in [0.2, 0.25) is 5.91 Å². The molecule has 0 saturated heterocycles. The summed E-state index contributed by atoms with van der Waals surface area (Å²) in [5, 5.41) is 59.9. The molecule has 46 heavy (non-hydrogen) atoms. The predicted octanol–water partition coefficient (Wildman–Crippen LogP) is 2.34.